The first kappa shape index (κ1) is 13.6. The van der Waals surface area contributed by atoms with Crippen molar-refractivity contribution in [1.29, 1.82) is 0 Å². The molecule has 100 valence electrons. The molecule has 1 saturated heterocycles. The molecule has 1 aliphatic rings. The molecular weight excluding hydrogens is 246 g/mol. The fraction of sp³-hybridized carbons (Fsp3) is 0.571. The maximum atomic E-state index is 12.1. The van der Waals surface area contributed by atoms with E-state index in [-0.39, 0.29) is 5.75 Å². The molecule has 0 unspecified atom stereocenters. The fourth-order valence-corrected chi connectivity index (χ4v) is 3.79. The molecule has 0 radical (unpaired) electrons. The summed E-state index contributed by atoms with van der Waals surface area (Å²) < 4.78 is 24.3. The van der Waals surface area contributed by atoms with Crippen molar-refractivity contribution >= 4 is 9.84 Å². The zero-order valence-corrected chi connectivity index (χ0v) is 11.7. The van der Waals surface area contributed by atoms with Crippen LogP contribution in [0.3, 0.4) is 0 Å². The van der Waals surface area contributed by atoms with Crippen LogP contribution in [-0.2, 0) is 9.84 Å². The second-order valence-electron chi connectivity index (χ2n) is 5.18. The van der Waals surface area contributed by atoms with E-state index in [2.05, 4.69) is 11.8 Å². The predicted molar refractivity (Wildman–Crippen MR) is 73.3 cm³/mol. The quantitative estimate of drug-likeness (QED) is 0.839. The van der Waals surface area contributed by atoms with Gasteiger partial charge in [0.1, 0.15) is 0 Å². The summed E-state index contributed by atoms with van der Waals surface area (Å²) in [6, 6.07) is 8.74. The highest BCUT2D eigenvalue weighted by Gasteiger charge is 2.19. The van der Waals surface area contributed by atoms with Crippen molar-refractivity contribution < 1.29 is 8.42 Å². The van der Waals surface area contributed by atoms with Crippen LogP contribution >= 0.6 is 0 Å². The van der Waals surface area contributed by atoms with E-state index in [1.54, 1.807) is 24.3 Å². The van der Waals surface area contributed by atoms with E-state index >= 15 is 0 Å². The molecule has 1 fully saturated rings. The number of sulfone groups is 1. The van der Waals surface area contributed by atoms with Crippen LogP contribution in [0.15, 0.2) is 35.2 Å². The molecule has 3 nitrogen and oxygen atoms in total. The lowest BCUT2D eigenvalue weighted by atomic mass is 10.0. The molecule has 0 aromatic heterocycles. The maximum Gasteiger partial charge on any atom is 0.179 e. The molecule has 0 amide bonds. The van der Waals surface area contributed by atoms with E-state index in [4.69, 9.17) is 0 Å². The van der Waals surface area contributed by atoms with E-state index in [0.29, 0.717) is 17.4 Å². The Morgan fingerprint density at radius 1 is 1.28 bits per heavy atom. The summed E-state index contributed by atoms with van der Waals surface area (Å²) >= 11 is 0. The standard InChI is InChI=1S/C14H21NO2S/c1-13-6-5-9-15(12-13)10-11-18(16,17)14-7-3-2-4-8-14/h2-4,7-8,13H,5-6,9-12H2,1H3/t13-/m1/s1. The van der Waals surface area contributed by atoms with Gasteiger partial charge in [0.15, 0.2) is 9.84 Å². The monoisotopic (exact) mass is 267 g/mol. The van der Waals surface area contributed by atoms with Gasteiger partial charge in [-0.2, -0.15) is 0 Å². The molecule has 4 heteroatoms. The summed E-state index contributed by atoms with van der Waals surface area (Å²) in [5, 5.41) is 0. The highest BCUT2D eigenvalue weighted by molar-refractivity contribution is 7.91. The molecule has 2 rings (SSSR count). The summed E-state index contributed by atoms with van der Waals surface area (Å²) in [4.78, 5) is 2.71. The Morgan fingerprint density at radius 2 is 2.00 bits per heavy atom. The maximum absolute atomic E-state index is 12.1. The minimum absolute atomic E-state index is 0.226. The van der Waals surface area contributed by atoms with Crippen LogP contribution in [0.4, 0.5) is 0 Å². The molecule has 0 N–H and O–H groups in total. The molecule has 0 saturated carbocycles. The third kappa shape index (κ3) is 3.56. The number of hydrogen-bond acceptors (Lipinski definition) is 3. The molecule has 0 bridgehead atoms. The number of rotatable bonds is 4. The molecule has 1 aliphatic heterocycles. The Morgan fingerprint density at radius 3 is 2.67 bits per heavy atom. The second-order valence-corrected chi connectivity index (χ2v) is 7.29. The van der Waals surface area contributed by atoms with E-state index in [9.17, 15) is 8.42 Å². The summed E-state index contributed by atoms with van der Waals surface area (Å²) in [5.74, 6) is 0.919. The second kappa shape index (κ2) is 5.85. The van der Waals surface area contributed by atoms with Gasteiger partial charge in [-0.3, -0.25) is 0 Å². The van der Waals surface area contributed by atoms with Crippen molar-refractivity contribution in [3.8, 4) is 0 Å². The average molecular weight is 267 g/mol. The predicted octanol–water partition coefficient (Wildman–Crippen LogP) is 2.19. The van der Waals surface area contributed by atoms with Crippen molar-refractivity contribution in [2.45, 2.75) is 24.7 Å². The lowest BCUT2D eigenvalue weighted by Crippen LogP contribution is -2.37. The number of benzene rings is 1. The Kier molecular flexibility index (Phi) is 4.40. The Hall–Kier alpha value is -0.870. The number of hydrogen-bond donors (Lipinski definition) is 0. The lowest BCUT2D eigenvalue weighted by molar-refractivity contribution is 0.193. The smallest absolute Gasteiger partial charge is 0.179 e. The van der Waals surface area contributed by atoms with E-state index in [1.165, 1.54) is 12.8 Å². The molecule has 1 aromatic carbocycles. The summed E-state index contributed by atoms with van der Waals surface area (Å²) in [6.07, 6.45) is 2.45. The van der Waals surface area contributed by atoms with Gasteiger partial charge in [-0.1, -0.05) is 25.1 Å². The van der Waals surface area contributed by atoms with Crippen molar-refractivity contribution in [3.63, 3.8) is 0 Å². The van der Waals surface area contributed by atoms with E-state index in [0.717, 1.165) is 13.1 Å². The lowest BCUT2D eigenvalue weighted by Gasteiger charge is -2.30. The SMILES string of the molecule is C[C@@H]1CCCN(CCS(=O)(=O)c2ccccc2)C1. The Balaban J connectivity index is 1.93. The summed E-state index contributed by atoms with van der Waals surface area (Å²) in [5.41, 5.74) is 0. The molecular formula is C14H21NO2S. The summed E-state index contributed by atoms with van der Waals surface area (Å²) in [6.45, 7) is 4.96. The molecule has 1 heterocycles. The van der Waals surface area contributed by atoms with E-state index < -0.39 is 9.84 Å². The molecule has 0 aliphatic carbocycles. The third-order valence-electron chi connectivity index (χ3n) is 3.52. The van der Waals surface area contributed by atoms with Gasteiger partial charge >= 0.3 is 0 Å². The average Bonchev–Trinajstić information content (AvgIpc) is 2.38. The van der Waals surface area contributed by atoms with Gasteiger partial charge in [0, 0.05) is 13.1 Å². The number of nitrogens with zero attached hydrogens (tertiary/aromatic N) is 1. The molecule has 18 heavy (non-hydrogen) atoms. The third-order valence-corrected chi connectivity index (χ3v) is 5.23. The molecule has 1 aromatic rings. The first-order chi connectivity index (χ1) is 8.58. The van der Waals surface area contributed by atoms with Crippen LogP contribution in [0.1, 0.15) is 19.8 Å². The van der Waals surface area contributed by atoms with Crippen LogP contribution in [0.2, 0.25) is 0 Å². The Bertz CT molecular complexity index is 470. The molecule has 0 spiro atoms. The van der Waals surface area contributed by atoms with Crippen LogP contribution in [-0.4, -0.2) is 38.7 Å². The van der Waals surface area contributed by atoms with Crippen LogP contribution < -0.4 is 0 Å². The first-order valence-electron chi connectivity index (χ1n) is 6.58. The van der Waals surface area contributed by atoms with Crippen molar-refractivity contribution in [3.05, 3.63) is 30.3 Å². The number of piperidine rings is 1. The fourth-order valence-electron chi connectivity index (χ4n) is 2.48. The van der Waals surface area contributed by atoms with E-state index in [1.807, 2.05) is 6.07 Å². The largest absolute Gasteiger partial charge is 0.302 e. The van der Waals surface area contributed by atoms with Crippen LogP contribution in [0.25, 0.3) is 0 Å². The highest BCUT2D eigenvalue weighted by Crippen LogP contribution is 2.16. The molecule has 1 atom stereocenters. The van der Waals surface area contributed by atoms with Crippen molar-refractivity contribution in [2.24, 2.45) is 5.92 Å². The zero-order valence-electron chi connectivity index (χ0n) is 10.9. The number of likely N-dealkylation sites (tertiary alicyclic amines) is 1. The minimum Gasteiger partial charge on any atom is -0.302 e. The van der Waals surface area contributed by atoms with Crippen molar-refractivity contribution in [2.75, 3.05) is 25.4 Å². The first-order valence-corrected chi connectivity index (χ1v) is 8.23. The minimum atomic E-state index is -3.12. The highest BCUT2D eigenvalue weighted by atomic mass is 32.2. The van der Waals surface area contributed by atoms with Gasteiger partial charge in [0.2, 0.25) is 0 Å². The van der Waals surface area contributed by atoms with Gasteiger partial charge in [0.05, 0.1) is 10.6 Å². The van der Waals surface area contributed by atoms with Gasteiger partial charge < -0.3 is 4.90 Å². The van der Waals surface area contributed by atoms with Gasteiger partial charge in [-0.05, 0) is 37.4 Å². The normalized spacial score (nSPS) is 21.9. The summed E-state index contributed by atoms with van der Waals surface area (Å²) in [7, 11) is -3.12. The Labute approximate surface area is 110 Å². The van der Waals surface area contributed by atoms with Gasteiger partial charge in [-0.15, -0.1) is 0 Å². The van der Waals surface area contributed by atoms with Crippen LogP contribution in [0, 0.1) is 5.92 Å². The van der Waals surface area contributed by atoms with Gasteiger partial charge in [0.25, 0.3) is 0 Å². The topological polar surface area (TPSA) is 37.4 Å². The van der Waals surface area contributed by atoms with Gasteiger partial charge in [-0.25, -0.2) is 8.42 Å². The zero-order chi connectivity index (χ0) is 13.0. The van der Waals surface area contributed by atoms with Crippen LogP contribution in [0.5, 0.6) is 0 Å². The van der Waals surface area contributed by atoms with Crippen molar-refractivity contribution in [1.82, 2.24) is 4.90 Å².